The Balaban J connectivity index is 1.54. The van der Waals surface area contributed by atoms with Crippen LogP contribution in [0.25, 0.3) is 22.6 Å². The summed E-state index contributed by atoms with van der Waals surface area (Å²) >= 11 is 0. The number of rotatable bonds is 3. The molecule has 3 aromatic rings. The van der Waals surface area contributed by atoms with Crippen molar-refractivity contribution in [2.45, 2.75) is 52.7 Å². The Morgan fingerprint density at radius 3 is 1.83 bits per heavy atom. The highest BCUT2D eigenvalue weighted by Gasteiger charge is 2.51. The molecule has 148 valence electrons. The maximum absolute atomic E-state index is 6.13. The highest BCUT2D eigenvalue weighted by atomic mass is 16.7. The molecular weight excluding hydrogens is 361 g/mol. The smallest absolute Gasteiger partial charge is 0.399 e. The number of benzene rings is 1. The minimum Gasteiger partial charge on any atom is -0.399 e. The first-order valence-corrected chi connectivity index (χ1v) is 9.89. The average Bonchev–Trinajstić information content (AvgIpc) is 2.89. The topological polar surface area (TPSA) is 57.1 Å². The summed E-state index contributed by atoms with van der Waals surface area (Å²) in [7, 11) is -0.355. The molecule has 0 amide bonds. The monoisotopic (exact) mass is 387 g/mol. The molecule has 0 unspecified atom stereocenters. The second kappa shape index (κ2) is 7.04. The Kier molecular flexibility index (Phi) is 4.79. The molecule has 0 spiro atoms. The van der Waals surface area contributed by atoms with Crippen LogP contribution in [0.2, 0.25) is 0 Å². The van der Waals surface area contributed by atoms with Crippen molar-refractivity contribution in [3.05, 3.63) is 60.0 Å². The molecule has 0 radical (unpaired) electrons. The molecule has 1 saturated heterocycles. The minimum atomic E-state index is -0.355. The Morgan fingerprint density at radius 1 is 0.759 bits per heavy atom. The van der Waals surface area contributed by atoms with Gasteiger partial charge in [-0.1, -0.05) is 24.3 Å². The SMILES string of the molecule is Cc1cc(C)nc(-c2ccc(-c3ccc(B4OC(C)(C)C(C)(C)O4)cc3)nc2)n1. The predicted octanol–water partition coefficient (Wildman–Crippen LogP) is 4.12. The fourth-order valence-electron chi connectivity index (χ4n) is 3.34. The Morgan fingerprint density at radius 2 is 1.31 bits per heavy atom. The molecular formula is C23H26BN3O2. The molecule has 0 saturated carbocycles. The molecule has 1 aliphatic rings. The molecule has 1 aliphatic heterocycles. The lowest BCUT2D eigenvalue weighted by molar-refractivity contribution is 0.00578. The quantitative estimate of drug-likeness (QED) is 0.633. The van der Waals surface area contributed by atoms with Gasteiger partial charge in [0.2, 0.25) is 0 Å². The number of nitrogens with zero attached hydrogens (tertiary/aromatic N) is 3. The first kappa shape index (κ1) is 19.7. The van der Waals surface area contributed by atoms with Crippen LogP contribution in [-0.2, 0) is 9.31 Å². The Labute approximate surface area is 172 Å². The standard InChI is InChI=1S/C23H26BN3O2/c1-15-13-16(2)27-21(26-15)18-9-12-20(25-14-18)17-7-10-19(11-8-17)24-28-22(3,4)23(5,6)29-24/h7-14H,1-6H3. The highest BCUT2D eigenvalue weighted by Crippen LogP contribution is 2.36. The van der Waals surface area contributed by atoms with Gasteiger partial charge >= 0.3 is 7.12 Å². The van der Waals surface area contributed by atoms with Crippen molar-refractivity contribution in [3.8, 4) is 22.6 Å². The van der Waals surface area contributed by atoms with Gasteiger partial charge in [0.15, 0.2) is 5.82 Å². The van der Waals surface area contributed by atoms with E-state index in [4.69, 9.17) is 9.31 Å². The van der Waals surface area contributed by atoms with E-state index in [1.807, 2.05) is 50.4 Å². The van der Waals surface area contributed by atoms with Crippen molar-refractivity contribution in [2.75, 3.05) is 0 Å². The lowest BCUT2D eigenvalue weighted by Gasteiger charge is -2.32. The van der Waals surface area contributed by atoms with E-state index in [9.17, 15) is 0 Å². The van der Waals surface area contributed by atoms with E-state index in [2.05, 4.69) is 54.8 Å². The normalized spacial score (nSPS) is 17.5. The van der Waals surface area contributed by atoms with Crippen molar-refractivity contribution in [1.29, 1.82) is 0 Å². The van der Waals surface area contributed by atoms with Crippen molar-refractivity contribution >= 4 is 12.6 Å². The third kappa shape index (κ3) is 3.82. The van der Waals surface area contributed by atoms with Crippen LogP contribution in [0.15, 0.2) is 48.7 Å². The molecule has 3 heterocycles. The molecule has 29 heavy (non-hydrogen) atoms. The fourth-order valence-corrected chi connectivity index (χ4v) is 3.34. The number of aromatic nitrogens is 3. The number of hydrogen-bond donors (Lipinski definition) is 0. The van der Waals surface area contributed by atoms with Crippen molar-refractivity contribution < 1.29 is 9.31 Å². The van der Waals surface area contributed by atoms with Crippen molar-refractivity contribution in [2.24, 2.45) is 0 Å². The van der Waals surface area contributed by atoms with Gasteiger partial charge in [-0.3, -0.25) is 4.98 Å². The maximum atomic E-state index is 6.13. The Hall–Kier alpha value is -2.57. The molecule has 1 fully saturated rings. The second-order valence-corrected chi connectivity index (χ2v) is 8.62. The summed E-state index contributed by atoms with van der Waals surface area (Å²) in [5.74, 6) is 0.706. The van der Waals surface area contributed by atoms with E-state index in [-0.39, 0.29) is 18.3 Å². The summed E-state index contributed by atoms with van der Waals surface area (Å²) in [6.07, 6.45) is 1.83. The number of aryl methyl sites for hydroxylation is 2. The minimum absolute atomic E-state index is 0.343. The van der Waals surface area contributed by atoms with Gasteiger partial charge in [-0.25, -0.2) is 9.97 Å². The molecule has 0 atom stereocenters. The second-order valence-electron chi connectivity index (χ2n) is 8.62. The third-order valence-electron chi connectivity index (χ3n) is 5.74. The number of hydrogen-bond acceptors (Lipinski definition) is 5. The molecule has 0 N–H and O–H groups in total. The zero-order valence-electron chi connectivity index (χ0n) is 17.9. The van der Waals surface area contributed by atoms with E-state index >= 15 is 0 Å². The van der Waals surface area contributed by atoms with Crippen LogP contribution in [0, 0.1) is 13.8 Å². The van der Waals surface area contributed by atoms with Gasteiger partial charge in [-0.2, -0.15) is 0 Å². The lowest BCUT2D eigenvalue weighted by atomic mass is 9.79. The molecule has 0 aliphatic carbocycles. The summed E-state index contributed by atoms with van der Waals surface area (Å²) in [6.45, 7) is 12.2. The van der Waals surface area contributed by atoms with Gasteiger partial charge in [0.1, 0.15) is 0 Å². The van der Waals surface area contributed by atoms with Crippen LogP contribution >= 0.6 is 0 Å². The summed E-state index contributed by atoms with van der Waals surface area (Å²) in [5, 5.41) is 0. The van der Waals surface area contributed by atoms with Crippen molar-refractivity contribution in [3.63, 3.8) is 0 Å². The van der Waals surface area contributed by atoms with Crippen LogP contribution in [0.5, 0.6) is 0 Å². The maximum Gasteiger partial charge on any atom is 0.494 e. The number of pyridine rings is 1. The highest BCUT2D eigenvalue weighted by molar-refractivity contribution is 6.62. The summed E-state index contributed by atoms with van der Waals surface area (Å²) in [6, 6.07) is 14.2. The van der Waals surface area contributed by atoms with E-state index in [1.165, 1.54) is 0 Å². The average molecular weight is 387 g/mol. The molecule has 0 bridgehead atoms. The summed E-state index contributed by atoms with van der Waals surface area (Å²) in [4.78, 5) is 13.6. The molecule has 4 rings (SSSR count). The van der Waals surface area contributed by atoms with Crippen LogP contribution in [0.3, 0.4) is 0 Å². The van der Waals surface area contributed by atoms with Crippen molar-refractivity contribution in [1.82, 2.24) is 15.0 Å². The van der Waals surface area contributed by atoms with E-state index < -0.39 is 0 Å². The largest absolute Gasteiger partial charge is 0.494 e. The molecule has 1 aromatic carbocycles. The first-order valence-electron chi connectivity index (χ1n) is 9.89. The zero-order chi connectivity index (χ0) is 20.8. The van der Waals surface area contributed by atoms with Gasteiger partial charge < -0.3 is 9.31 Å². The van der Waals surface area contributed by atoms with Gasteiger partial charge in [0.05, 0.1) is 16.9 Å². The van der Waals surface area contributed by atoms with Gasteiger partial charge in [0.25, 0.3) is 0 Å². The van der Waals surface area contributed by atoms with E-state index in [0.29, 0.717) is 5.82 Å². The summed E-state index contributed by atoms with van der Waals surface area (Å²) in [5.41, 5.74) is 5.08. The zero-order valence-corrected chi connectivity index (χ0v) is 17.9. The Bertz CT molecular complexity index is 995. The molecule has 6 heteroatoms. The molecule has 2 aromatic heterocycles. The third-order valence-corrected chi connectivity index (χ3v) is 5.74. The lowest BCUT2D eigenvalue weighted by Crippen LogP contribution is -2.41. The summed E-state index contributed by atoms with van der Waals surface area (Å²) < 4.78 is 12.3. The first-order chi connectivity index (χ1) is 13.6. The predicted molar refractivity (Wildman–Crippen MR) is 116 cm³/mol. The molecule has 5 nitrogen and oxygen atoms in total. The van der Waals surface area contributed by atoms with Crippen LogP contribution < -0.4 is 5.46 Å². The van der Waals surface area contributed by atoms with E-state index in [0.717, 1.165) is 33.7 Å². The van der Waals surface area contributed by atoms with Gasteiger partial charge in [0, 0.05) is 28.7 Å². The van der Waals surface area contributed by atoms with Crippen LogP contribution in [0.1, 0.15) is 39.1 Å². The van der Waals surface area contributed by atoms with E-state index in [1.54, 1.807) is 0 Å². The van der Waals surface area contributed by atoms with Gasteiger partial charge in [-0.15, -0.1) is 0 Å². The van der Waals surface area contributed by atoms with Crippen LogP contribution in [0.4, 0.5) is 0 Å². The van der Waals surface area contributed by atoms with Gasteiger partial charge in [-0.05, 0) is 65.2 Å². The fraction of sp³-hybridized carbons (Fsp3) is 0.348. The van der Waals surface area contributed by atoms with Crippen LogP contribution in [-0.4, -0.2) is 33.3 Å².